The van der Waals surface area contributed by atoms with Crippen molar-refractivity contribution in [3.05, 3.63) is 53.6 Å². The highest BCUT2D eigenvalue weighted by Crippen LogP contribution is 2.23. The Balaban J connectivity index is 1.86. The number of ether oxygens (including phenoxy) is 2. The van der Waals surface area contributed by atoms with Crippen LogP contribution in [0.25, 0.3) is 0 Å². The van der Waals surface area contributed by atoms with Gasteiger partial charge in [0.15, 0.2) is 0 Å². The molecule has 0 aliphatic heterocycles. The number of hydrogen-bond donors (Lipinski definition) is 2. The molecule has 0 aliphatic rings. The molecule has 0 unspecified atom stereocenters. The molecule has 1 atom stereocenters. The molecule has 0 aromatic heterocycles. The molecule has 0 saturated carbocycles. The first-order valence-corrected chi connectivity index (χ1v) is 9.46. The van der Waals surface area contributed by atoms with E-state index in [0.29, 0.717) is 24.5 Å². The van der Waals surface area contributed by atoms with Crippen molar-refractivity contribution < 1.29 is 19.4 Å². The standard InChI is InChI=1S/C22H30N2O4/c1-5-24(14-21(26)23-19-11-6-7-12-20(19)27-4)13-18(25)15-28-22-16(2)9-8-10-17(22)3/h6-12,18,25H,5,13-15H2,1-4H3,(H,23,26)/t18-/m0/s1. The fraction of sp³-hybridized carbons (Fsp3) is 0.409. The van der Waals surface area contributed by atoms with Gasteiger partial charge in [-0.1, -0.05) is 37.3 Å². The van der Waals surface area contributed by atoms with Crippen molar-refractivity contribution in [1.82, 2.24) is 4.90 Å². The summed E-state index contributed by atoms with van der Waals surface area (Å²) in [6, 6.07) is 13.2. The monoisotopic (exact) mass is 386 g/mol. The van der Waals surface area contributed by atoms with Crippen molar-refractivity contribution in [2.24, 2.45) is 0 Å². The third-order valence-electron chi connectivity index (χ3n) is 4.49. The highest BCUT2D eigenvalue weighted by atomic mass is 16.5. The summed E-state index contributed by atoms with van der Waals surface area (Å²) in [5.41, 5.74) is 2.71. The van der Waals surface area contributed by atoms with E-state index in [2.05, 4.69) is 5.32 Å². The van der Waals surface area contributed by atoms with Gasteiger partial charge < -0.3 is 19.9 Å². The van der Waals surface area contributed by atoms with Gasteiger partial charge in [-0.25, -0.2) is 0 Å². The van der Waals surface area contributed by atoms with Crippen LogP contribution in [0.15, 0.2) is 42.5 Å². The molecule has 2 aromatic carbocycles. The van der Waals surface area contributed by atoms with Crippen LogP contribution in [0.2, 0.25) is 0 Å². The zero-order valence-corrected chi connectivity index (χ0v) is 17.1. The lowest BCUT2D eigenvalue weighted by atomic mass is 10.1. The molecule has 1 amide bonds. The van der Waals surface area contributed by atoms with E-state index in [9.17, 15) is 9.90 Å². The Morgan fingerprint density at radius 1 is 1.14 bits per heavy atom. The maximum Gasteiger partial charge on any atom is 0.238 e. The molecular formula is C22H30N2O4. The normalized spacial score (nSPS) is 11.9. The maximum absolute atomic E-state index is 12.4. The lowest BCUT2D eigenvalue weighted by Crippen LogP contribution is -2.40. The van der Waals surface area contributed by atoms with Crippen molar-refractivity contribution >= 4 is 11.6 Å². The molecule has 0 spiro atoms. The molecule has 0 bridgehead atoms. The van der Waals surface area contributed by atoms with Crippen LogP contribution in [-0.4, -0.2) is 55.4 Å². The summed E-state index contributed by atoms with van der Waals surface area (Å²) in [4.78, 5) is 14.3. The topological polar surface area (TPSA) is 71.0 Å². The van der Waals surface area contributed by atoms with E-state index < -0.39 is 6.10 Å². The van der Waals surface area contributed by atoms with Crippen LogP contribution in [-0.2, 0) is 4.79 Å². The Bertz CT molecular complexity index is 759. The van der Waals surface area contributed by atoms with Crippen molar-refractivity contribution in [1.29, 1.82) is 0 Å². The van der Waals surface area contributed by atoms with E-state index in [1.807, 2.05) is 56.0 Å². The zero-order chi connectivity index (χ0) is 20.5. The summed E-state index contributed by atoms with van der Waals surface area (Å²) >= 11 is 0. The third-order valence-corrected chi connectivity index (χ3v) is 4.49. The van der Waals surface area contributed by atoms with Crippen LogP contribution >= 0.6 is 0 Å². The van der Waals surface area contributed by atoms with Crippen LogP contribution in [0, 0.1) is 13.8 Å². The summed E-state index contributed by atoms with van der Waals surface area (Å²) in [6.07, 6.45) is -0.696. The maximum atomic E-state index is 12.4. The van der Waals surface area contributed by atoms with Gasteiger partial charge in [0.1, 0.15) is 24.2 Å². The number of carbonyl (C=O) groups is 1. The number of anilines is 1. The van der Waals surface area contributed by atoms with Gasteiger partial charge in [-0.3, -0.25) is 9.69 Å². The number of methoxy groups -OCH3 is 1. The highest BCUT2D eigenvalue weighted by Gasteiger charge is 2.16. The number of para-hydroxylation sites is 3. The number of carbonyl (C=O) groups excluding carboxylic acids is 1. The molecule has 28 heavy (non-hydrogen) atoms. The molecule has 0 aliphatic carbocycles. The molecule has 2 aromatic rings. The van der Waals surface area contributed by atoms with Crippen LogP contribution in [0.5, 0.6) is 11.5 Å². The molecule has 0 heterocycles. The average molecular weight is 386 g/mol. The number of aryl methyl sites for hydroxylation is 2. The summed E-state index contributed by atoms with van der Waals surface area (Å²) in [6.45, 7) is 7.26. The van der Waals surface area contributed by atoms with Gasteiger partial charge >= 0.3 is 0 Å². The van der Waals surface area contributed by atoms with E-state index in [4.69, 9.17) is 9.47 Å². The number of aliphatic hydroxyl groups is 1. The predicted molar refractivity (Wildman–Crippen MR) is 111 cm³/mol. The number of benzene rings is 2. The lowest BCUT2D eigenvalue weighted by molar-refractivity contribution is -0.117. The molecule has 2 rings (SSSR count). The van der Waals surface area contributed by atoms with E-state index in [1.165, 1.54) is 0 Å². The van der Waals surface area contributed by atoms with Gasteiger partial charge in [-0.2, -0.15) is 0 Å². The van der Waals surface area contributed by atoms with E-state index >= 15 is 0 Å². The van der Waals surface area contributed by atoms with E-state index in [0.717, 1.165) is 16.9 Å². The van der Waals surface area contributed by atoms with Gasteiger partial charge in [-0.05, 0) is 43.7 Å². The van der Waals surface area contributed by atoms with Crippen molar-refractivity contribution in [3.63, 3.8) is 0 Å². The lowest BCUT2D eigenvalue weighted by Gasteiger charge is -2.24. The van der Waals surface area contributed by atoms with Crippen LogP contribution in [0.3, 0.4) is 0 Å². The first-order valence-electron chi connectivity index (χ1n) is 9.46. The van der Waals surface area contributed by atoms with E-state index in [-0.39, 0.29) is 19.1 Å². The molecule has 0 radical (unpaired) electrons. The molecule has 6 heteroatoms. The number of amides is 1. The number of nitrogens with one attached hydrogen (secondary N) is 1. The second kappa shape index (κ2) is 10.7. The Labute approximate surface area is 167 Å². The van der Waals surface area contributed by atoms with Gasteiger partial charge in [0, 0.05) is 6.54 Å². The average Bonchev–Trinajstić information content (AvgIpc) is 2.67. The Hall–Kier alpha value is -2.57. The van der Waals surface area contributed by atoms with Crippen LogP contribution < -0.4 is 14.8 Å². The molecule has 0 fully saturated rings. The third kappa shape index (κ3) is 6.25. The highest BCUT2D eigenvalue weighted by molar-refractivity contribution is 5.93. The fourth-order valence-corrected chi connectivity index (χ4v) is 3.00. The minimum absolute atomic E-state index is 0.158. The van der Waals surface area contributed by atoms with Gasteiger partial charge in [0.05, 0.1) is 19.3 Å². The number of aliphatic hydroxyl groups excluding tert-OH is 1. The van der Waals surface area contributed by atoms with Crippen LogP contribution in [0.4, 0.5) is 5.69 Å². The number of hydrogen-bond acceptors (Lipinski definition) is 5. The summed E-state index contributed by atoms with van der Waals surface area (Å²) in [5, 5.41) is 13.2. The summed E-state index contributed by atoms with van der Waals surface area (Å²) in [5.74, 6) is 1.26. The first kappa shape index (κ1) is 21.7. The Kier molecular flexibility index (Phi) is 8.29. The second-order valence-corrected chi connectivity index (χ2v) is 6.76. The first-order chi connectivity index (χ1) is 13.4. The number of nitrogens with zero attached hydrogens (tertiary/aromatic N) is 1. The van der Waals surface area contributed by atoms with E-state index in [1.54, 1.807) is 19.2 Å². The summed E-state index contributed by atoms with van der Waals surface area (Å²) < 4.78 is 11.1. The zero-order valence-electron chi connectivity index (χ0n) is 17.1. The second-order valence-electron chi connectivity index (χ2n) is 6.76. The SMILES string of the molecule is CCN(CC(=O)Nc1ccccc1OC)C[C@H](O)COc1c(C)cccc1C. The van der Waals surface area contributed by atoms with Crippen LogP contribution in [0.1, 0.15) is 18.1 Å². The molecule has 152 valence electrons. The minimum atomic E-state index is -0.696. The minimum Gasteiger partial charge on any atom is -0.495 e. The van der Waals surface area contributed by atoms with Gasteiger partial charge in [0.2, 0.25) is 5.91 Å². The molecule has 2 N–H and O–H groups in total. The molecular weight excluding hydrogens is 356 g/mol. The van der Waals surface area contributed by atoms with Gasteiger partial charge in [-0.15, -0.1) is 0 Å². The summed E-state index contributed by atoms with van der Waals surface area (Å²) in [7, 11) is 1.57. The van der Waals surface area contributed by atoms with Crippen molar-refractivity contribution in [2.45, 2.75) is 26.9 Å². The molecule has 6 nitrogen and oxygen atoms in total. The predicted octanol–water partition coefficient (Wildman–Crippen LogP) is 3.01. The quantitative estimate of drug-likeness (QED) is 0.657. The Morgan fingerprint density at radius 3 is 2.46 bits per heavy atom. The smallest absolute Gasteiger partial charge is 0.238 e. The van der Waals surface area contributed by atoms with Crippen molar-refractivity contribution in [2.75, 3.05) is 38.7 Å². The van der Waals surface area contributed by atoms with Crippen molar-refractivity contribution in [3.8, 4) is 11.5 Å². The largest absolute Gasteiger partial charge is 0.495 e. The number of rotatable bonds is 10. The molecule has 0 saturated heterocycles. The van der Waals surface area contributed by atoms with Gasteiger partial charge in [0.25, 0.3) is 0 Å². The number of likely N-dealkylation sites (N-methyl/N-ethyl adjacent to an activating group) is 1. The fourth-order valence-electron chi connectivity index (χ4n) is 3.00. The Morgan fingerprint density at radius 2 is 1.82 bits per heavy atom.